The second-order valence-electron chi connectivity index (χ2n) is 4.30. The topological polar surface area (TPSA) is 71.0 Å². The minimum Gasteiger partial charge on any atom is -0.395 e. The highest BCUT2D eigenvalue weighted by Crippen LogP contribution is 2.30. The van der Waals surface area contributed by atoms with Crippen molar-refractivity contribution in [3.8, 4) is 11.3 Å². The number of aliphatic hydroxyl groups is 1. The Labute approximate surface area is 98.5 Å². The number of rotatable bonds is 3. The first-order valence-corrected chi connectivity index (χ1v) is 5.49. The summed E-state index contributed by atoms with van der Waals surface area (Å²) >= 11 is 0. The van der Waals surface area contributed by atoms with Gasteiger partial charge in [0.05, 0.1) is 30.9 Å². The monoisotopic (exact) mass is 231 g/mol. The van der Waals surface area contributed by atoms with E-state index in [1.165, 1.54) is 0 Å². The van der Waals surface area contributed by atoms with E-state index in [1.807, 2.05) is 24.5 Å². The average Bonchev–Trinajstić information content (AvgIpc) is 2.82. The number of hydrogen-bond acceptors (Lipinski definition) is 4. The molecule has 2 aromatic rings. The van der Waals surface area contributed by atoms with Crippen LogP contribution in [0.1, 0.15) is 5.82 Å². The normalized spacial score (nSPS) is 17.7. The Morgan fingerprint density at radius 3 is 2.88 bits per heavy atom. The number of hydrogen-bond donors (Lipinski definition) is 2. The Balaban J connectivity index is 1.99. The van der Waals surface area contributed by atoms with Crippen LogP contribution in [0, 0.1) is 0 Å². The molecule has 0 bridgehead atoms. The van der Waals surface area contributed by atoms with Gasteiger partial charge in [-0.15, -0.1) is 0 Å². The van der Waals surface area contributed by atoms with Gasteiger partial charge >= 0.3 is 0 Å². The molecule has 1 saturated heterocycles. The molecular formula is C12H13N3O2. The molecule has 5 heteroatoms. The quantitative estimate of drug-likeness (QED) is 0.817. The Hall–Kier alpha value is -1.72. The molecule has 1 aliphatic heterocycles. The second kappa shape index (κ2) is 3.94. The summed E-state index contributed by atoms with van der Waals surface area (Å²) in [4.78, 5) is 11.8. The predicted octanol–water partition coefficient (Wildman–Crippen LogP) is 0.732. The summed E-state index contributed by atoms with van der Waals surface area (Å²) < 4.78 is 5.17. The molecule has 17 heavy (non-hydrogen) atoms. The molecule has 3 heterocycles. The van der Waals surface area contributed by atoms with E-state index in [9.17, 15) is 5.11 Å². The molecular weight excluding hydrogens is 218 g/mol. The first-order valence-electron chi connectivity index (χ1n) is 5.49. The van der Waals surface area contributed by atoms with Crippen LogP contribution < -0.4 is 0 Å². The summed E-state index contributed by atoms with van der Waals surface area (Å²) in [6.07, 6.45) is 5.46. The standard InChI is InChI=1S/C12H13N3O2/c16-6-12(7-17-8-12)11-14-4-2-10(15-11)9-1-3-13-5-9/h1-5,13,16H,6-8H2. The molecule has 0 unspecified atom stereocenters. The summed E-state index contributed by atoms with van der Waals surface area (Å²) in [5, 5.41) is 9.45. The minimum absolute atomic E-state index is 0.0175. The van der Waals surface area contributed by atoms with E-state index >= 15 is 0 Å². The average molecular weight is 231 g/mol. The number of nitrogens with one attached hydrogen (secondary N) is 1. The van der Waals surface area contributed by atoms with Gasteiger partial charge in [-0.05, 0) is 12.1 Å². The number of aliphatic hydroxyl groups excluding tert-OH is 1. The molecule has 2 N–H and O–H groups in total. The zero-order valence-corrected chi connectivity index (χ0v) is 9.26. The molecule has 0 spiro atoms. The molecule has 0 radical (unpaired) electrons. The lowest BCUT2D eigenvalue weighted by Crippen LogP contribution is -2.50. The maximum absolute atomic E-state index is 9.45. The van der Waals surface area contributed by atoms with Gasteiger partial charge in [0.1, 0.15) is 5.82 Å². The fraction of sp³-hybridized carbons (Fsp3) is 0.333. The number of aromatic nitrogens is 3. The lowest BCUT2D eigenvalue weighted by atomic mass is 9.86. The Kier molecular flexibility index (Phi) is 2.42. The predicted molar refractivity (Wildman–Crippen MR) is 61.4 cm³/mol. The third kappa shape index (κ3) is 1.64. The van der Waals surface area contributed by atoms with Crippen molar-refractivity contribution in [3.63, 3.8) is 0 Å². The van der Waals surface area contributed by atoms with Crippen molar-refractivity contribution in [2.24, 2.45) is 0 Å². The van der Waals surface area contributed by atoms with E-state index in [0.717, 1.165) is 11.3 Å². The van der Waals surface area contributed by atoms with Crippen molar-refractivity contribution in [1.29, 1.82) is 0 Å². The van der Waals surface area contributed by atoms with E-state index < -0.39 is 5.41 Å². The number of aromatic amines is 1. The van der Waals surface area contributed by atoms with E-state index in [0.29, 0.717) is 19.0 Å². The fourth-order valence-electron chi connectivity index (χ4n) is 1.90. The smallest absolute Gasteiger partial charge is 0.142 e. The first kappa shape index (κ1) is 10.4. The largest absolute Gasteiger partial charge is 0.395 e. The summed E-state index contributed by atoms with van der Waals surface area (Å²) in [7, 11) is 0. The number of ether oxygens (including phenoxy) is 1. The van der Waals surface area contributed by atoms with Crippen molar-refractivity contribution in [2.45, 2.75) is 5.41 Å². The third-order valence-electron chi connectivity index (χ3n) is 3.08. The van der Waals surface area contributed by atoms with Crippen molar-refractivity contribution in [1.82, 2.24) is 15.0 Å². The van der Waals surface area contributed by atoms with Gasteiger partial charge < -0.3 is 14.8 Å². The number of nitrogens with zero attached hydrogens (tertiary/aromatic N) is 2. The lowest BCUT2D eigenvalue weighted by Gasteiger charge is -2.38. The highest BCUT2D eigenvalue weighted by atomic mass is 16.5. The van der Waals surface area contributed by atoms with Crippen molar-refractivity contribution in [3.05, 3.63) is 36.5 Å². The fourth-order valence-corrected chi connectivity index (χ4v) is 1.90. The van der Waals surface area contributed by atoms with E-state index in [4.69, 9.17) is 4.74 Å². The maximum Gasteiger partial charge on any atom is 0.142 e. The molecule has 2 aromatic heterocycles. The van der Waals surface area contributed by atoms with Crippen LogP contribution in [0.5, 0.6) is 0 Å². The lowest BCUT2D eigenvalue weighted by molar-refractivity contribution is -0.0883. The zero-order chi connectivity index (χ0) is 11.7. The van der Waals surface area contributed by atoms with E-state index in [1.54, 1.807) is 6.20 Å². The Bertz CT molecular complexity index is 501. The van der Waals surface area contributed by atoms with Crippen molar-refractivity contribution >= 4 is 0 Å². The molecule has 3 rings (SSSR count). The molecule has 0 amide bonds. The zero-order valence-electron chi connectivity index (χ0n) is 9.26. The van der Waals surface area contributed by atoms with Crippen LogP contribution in [-0.2, 0) is 10.2 Å². The van der Waals surface area contributed by atoms with Crippen LogP contribution in [0.15, 0.2) is 30.7 Å². The van der Waals surface area contributed by atoms with Gasteiger partial charge in [-0.2, -0.15) is 0 Å². The molecule has 1 aliphatic rings. The Morgan fingerprint density at radius 2 is 2.29 bits per heavy atom. The highest BCUT2D eigenvalue weighted by Gasteiger charge is 2.42. The van der Waals surface area contributed by atoms with Crippen molar-refractivity contribution in [2.75, 3.05) is 19.8 Å². The van der Waals surface area contributed by atoms with Crippen LogP contribution >= 0.6 is 0 Å². The van der Waals surface area contributed by atoms with E-state index in [-0.39, 0.29) is 6.61 Å². The summed E-state index contributed by atoms with van der Waals surface area (Å²) in [5.41, 5.74) is 1.46. The summed E-state index contributed by atoms with van der Waals surface area (Å²) in [6, 6.07) is 3.81. The van der Waals surface area contributed by atoms with Crippen molar-refractivity contribution < 1.29 is 9.84 Å². The molecule has 0 atom stereocenters. The van der Waals surface area contributed by atoms with Crippen LogP contribution in [0.3, 0.4) is 0 Å². The second-order valence-corrected chi connectivity index (χ2v) is 4.30. The molecule has 0 aromatic carbocycles. The minimum atomic E-state index is -0.410. The summed E-state index contributed by atoms with van der Waals surface area (Å²) in [6.45, 7) is 0.990. The van der Waals surface area contributed by atoms with Crippen LogP contribution in [0.2, 0.25) is 0 Å². The van der Waals surface area contributed by atoms with E-state index in [2.05, 4.69) is 15.0 Å². The van der Waals surface area contributed by atoms with Gasteiger partial charge in [-0.3, -0.25) is 0 Å². The van der Waals surface area contributed by atoms with Crippen LogP contribution in [-0.4, -0.2) is 39.9 Å². The molecule has 1 fully saturated rings. The SMILES string of the molecule is OCC1(c2nccc(-c3cc[nH]c3)n2)COC1. The van der Waals surface area contributed by atoms with Gasteiger partial charge in [-0.1, -0.05) is 0 Å². The number of H-pyrrole nitrogens is 1. The van der Waals surface area contributed by atoms with Gasteiger partial charge in [-0.25, -0.2) is 9.97 Å². The van der Waals surface area contributed by atoms with Gasteiger partial charge in [0.15, 0.2) is 0 Å². The molecule has 5 nitrogen and oxygen atoms in total. The molecule has 0 saturated carbocycles. The Morgan fingerprint density at radius 1 is 1.41 bits per heavy atom. The van der Waals surface area contributed by atoms with Crippen LogP contribution in [0.4, 0.5) is 0 Å². The first-order chi connectivity index (χ1) is 8.34. The summed E-state index contributed by atoms with van der Waals surface area (Å²) in [5.74, 6) is 0.657. The molecule has 88 valence electrons. The third-order valence-corrected chi connectivity index (χ3v) is 3.08. The van der Waals surface area contributed by atoms with Gasteiger partial charge in [0.2, 0.25) is 0 Å². The van der Waals surface area contributed by atoms with Gasteiger partial charge in [0, 0.05) is 24.2 Å². The molecule has 0 aliphatic carbocycles. The van der Waals surface area contributed by atoms with Gasteiger partial charge in [0.25, 0.3) is 0 Å². The van der Waals surface area contributed by atoms with Crippen LogP contribution in [0.25, 0.3) is 11.3 Å². The highest BCUT2D eigenvalue weighted by molar-refractivity contribution is 5.57. The maximum atomic E-state index is 9.45.